The van der Waals surface area contributed by atoms with Crippen molar-refractivity contribution in [3.05, 3.63) is 34.8 Å². The molecule has 2 N–H and O–H groups in total. The number of rotatable bonds is 6. The topological polar surface area (TPSA) is 66.0 Å². The summed E-state index contributed by atoms with van der Waals surface area (Å²) in [5.74, 6) is 0.712. The van der Waals surface area contributed by atoms with E-state index in [-0.39, 0.29) is 12.2 Å². The predicted octanol–water partition coefficient (Wildman–Crippen LogP) is 1.53. The first kappa shape index (κ1) is 12.7. The number of hydrogen-bond donors (Lipinski definition) is 2. The summed E-state index contributed by atoms with van der Waals surface area (Å²) in [6.45, 7) is 7.30. The van der Waals surface area contributed by atoms with Crippen LogP contribution < -0.4 is 5.56 Å². The second-order valence-electron chi connectivity index (χ2n) is 3.00. The van der Waals surface area contributed by atoms with Gasteiger partial charge in [0.15, 0.2) is 5.16 Å². The molecule has 5 heteroatoms. The molecule has 0 fully saturated rings. The zero-order chi connectivity index (χ0) is 12.0. The van der Waals surface area contributed by atoms with Gasteiger partial charge in [-0.1, -0.05) is 31.0 Å². The summed E-state index contributed by atoms with van der Waals surface area (Å²) in [7, 11) is 0. The Morgan fingerprint density at radius 1 is 1.44 bits per heavy atom. The van der Waals surface area contributed by atoms with Gasteiger partial charge in [-0.25, -0.2) is 4.98 Å². The van der Waals surface area contributed by atoms with Gasteiger partial charge in [0.1, 0.15) is 0 Å². The van der Waals surface area contributed by atoms with Gasteiger partial charge in [-0.3, -0.25) is 4.79 Å². The molecular weight excluding hydrogens is 224 g/mol. The molecule has 0 aliphatic heterocycles. The van der Waals surface area contributed by atoms with E-state index in [1.54, 1.807) is 0 Å². The standard InChI is InChI=1S/C11H14N2O2S/c1-3-8-9(4-2)12-11(13-10(8)15)16-7-5-6-14/h3-4,14H,1-2,5-7H2,(H,12,13,15). The second-order valence-corrected chi connectivity index (χ2v) is 4.09. The molecule has 16 heavy (non-hydrogen) atoms. The molecule has 0 spiro atoms. The van der Waals surface area contributed by atoms with Gasteiger partial charge in [-0.05, 0) is 12.5 Å². The molecule has 0 amide bonds. The van der Waals surface area contributed by atoms with Crippen LogP contribution in [0.25, 0.3) is 12.2 Å². The van der Waals surface area contributed by atoms with Crippen molar-refractivity contribution in [3.8, 4) is 0 Å². The molecule has 4 nitrogen and oxygen atoms in total. The predicted molar refractivity (Wildman–Crippen MR) is 67.5 cm³/mol. The lowest BCUT2D eigenvalue weighted by Crippen LogP contribution is -2.14. The van der Waals surface area contributed by atoms with Gasteiger partial charge in [-0.15, -0.1) is 0 Å². The Morgan fingerprint density at radius 3 is 2.75 bits per heavy atom. The van der Waals surface area contributed by atoms with Crippen molar-refractivity contribution >= 4 is 23.9 Å². The first-order valence-electron chi connectivity index (χ1n) is 4.85. The lowest BCUT2D eigenvalue weighted by molar-refractivity contribution is 0.296. The minimum Gasteiger partial charge on any atom is -0.396 e. The van der Waals surface area contributed by atoms with E-state index in [2.05, 4.69) is 23.1 Å². The molecule has 0 unspecified atom stereocenters. The number of aliphatic hydroxyl groups excluding tert-OH is 1. The smallest absolute Gasteiger partial charge is 0.259 e. The SMILES string of the molecule is C=Cc1nc(SCCCO)[nH]c(=O)c1C=C. The van der Waals surface area contributed by atoms with Gasteiger partial charge in [0.25, 0.3) is 5.56 Å². The molecule has 0 aliphatic carbocycles. The molecule has 1 aromatic rings. The summed E-state index contributed by atoms with van der Waals surface area (Å²) in [6.07, 6.45) is 3.66. The fourth-order valence-corrected chi connectivity index (χ4v) is 1.93. The third-order valence-electron chi connectivity index (χ3n) is 1.90. The Morgan fingerprint density at radius 2 is 2.19 bits per heavy atom. The van der Waals surface area contributed by atoms with Crippen LogP contribution in [0, 0.1) is 0 Å². The Labute approximate surface area is 98.1 Å². The molecule has 86 valence electrons. The Kier molecular flexibility index (Phi) is 5.01. The van der Waals surface area contributed by atoms with E-state index in [9.17, 15) is 4.79 Å². The van der Waals surface area contributed by atoms with Crippen LogP contribution in [0.3, 0.4) is 0 Å². The average molecular weight is 238 g/mol. The van der Waals surface area contributed by atoms with E-state index in [0.29, 0.717) is 28.6 Å². The molecule has 0 bridgehead atoms. The van der Waals surface area contributed by atoms with Crippen LogP contribution in [0.15, 0.2) is 23.1 Å². The Hall–Kier alpha value is -1.33. The Bertz CT molecular complexity index is 440. The van der Waals surface area contributed by atoms with E-state index in [4.69, 9.17) is 5.11 Å². The highest BCUT2D eigenvalue weighted by Gasteiger charge is 2.06. The van der Waals surface area contributed by atoms with E-state index in [1.165, 1.54) is 23.9 Å². The van der Waals surface area contributed by atoms with Crippen LogP contribution in [-0.4, -0.2) is 27.4 Å². The van der Waals surface area contributed by atoms with Gasteiger partial charge in [-0.2, -0.15) is 0 Å². The number of nitrogens with one attached hydrogen (secondary N) is 1. The van der Waals surface area contributed by atoms with Crippen molar-refractivity contribution in [2.45, 2.75) is 11.6 Å². The maximum Gasteiger partial charge on any atom is 0.259 e. The number of H-pyrrole nitrogens is 1. The second kappa shape index (κ2) is 6.30. The zero-order valence-electron chi connectivity index (χ0n) is 8.90. The number of aromatic nitrogens is 2. The van der Waals surface area contributed by atoms with Crippen molar-refractivity contribution in [2.24, 2.45) is 0 Å². The van der Waals surface area contributed by atoms with Crippen LogP contribution in [0.1, 0.15) is 17.7 Å². The summed E-state index contributed by atoms with van der Waals surface area (Å²) in [5, 5.41) is 9.19. The van der Waals surface area contributed by atoms with E-state index in [0.717, 1.165) is 0 Å². The van der Waals surface area contributed by atoms with Crippen molar-refractivity contribution in [1.82, 2.24) is 9.97 Å². The van der Waals surface area contributed by atoms with Crippen molar-refractivity contribution in [2.75, 3.05) is 12.4 Å². The maximum absolute atomic E-state index is 11.6. The molecular formula is C11H14N2O2S. The third-order valence-corrected chi connectivity index (χ3v) is 2.86. The monoisotopic (exact) mass is 238 g/mol. The number of nitrogens with zero attached hydrogens (tertiary/aromatic N) is 1. The van der Waals surface area contributed by atoms with Crippen LogP contribution in [0.5, 0.6) is 0 Å². The number of aromatic amines is 1. The fourth-order valence-electron chi connectivity index (χ4n) is 1.13. The number of thioether (sulfide) groups is 1. The zero-order valence-corrected chi connectivity index (χ0v) is 9.72. The van der Waals surface area contributed by atoms with Gasteiger partial charge >= 0.3 is 0 Å². The van der Waals surface area contributed by atoms with Crippen LogP contribution in [-0.2, 0) is 0 Å². The van der Waals surface area contributed by atoms with Gasteiger partial charge in [0.2, 0.25) is 0 Å². The third kappa shape index (κ3) is 3.08. The first-order valence-corrected chi connectivity index (χ1v) is 5.84. The molecule has 0 radical (unpaired) electrons. The maximum atomic E-state index is 11.6. The van der Waals surface area contributed by atoms with E-state index < -0.39 is 0 Å². The molecule has 0 aromatic carbocycles. The fraction of sp³-hybridized carbons (Fsp3) is 0.273. The average Bonchev–Trinajstić information content (AvgIpc) is 2.28. The van der Waals surface area contributed by atoms with E-state index >= 15 is 0 Å². The van der Waals surface area contributed by atoms with Crippen molar-refractivity contribution in [1.29, 1.82) is 0 Å². The highest BCUT2D eigenvalue weighted by atomic mass is 32.2. The van der Waals surface area contributed by atoms with Crippen LogP contribution >= 0.6 is 11.8 Å². The summed E-state index contributed by atoms with van der Waals surface area (Å²) >= 11 is 1.40. The van der Waals surface area contributed by atoms with Gasteiger partial charge in [0.05, 0.1) is 11.3 Å². The largest absolute Gasteiger partial charge is 0.396 e. The number of hydrogen-bond acceptors (Lipinski definition) is 4. The molecule has 0 aliphatic rings. The lowest BCUT2D eigenvalue weighted by atomic mass is 10.2. The molecule has 1 heterocycles. The molecule has 0 saturated carbocycles. The molecule has 0 atom stereocenters. The summed E-state index contributed by atoms with van der Waals surface area (Å²) in [4.78, 5) is 18.5. The normalized spacial score (nSPS) is 10.1. The van der Waals surface area contributed by atoms with E-state index in [1.807, 2.05) is 0 Å². The minimum absolute atomic E-state index is 0.135. The number of aliphatic hydroxyl groups is 1. The molecule has 0 saturated heterocycles. The Balaban J connectivity index is 2.97. The van der Waals surface area contributed by atoms with Gasteiger partial charge in [0, 0.05) is 12.4 Å². The highest BCUT2D eigenvalue weighted by molar-refractivity contribution is 7.99. The van der Waals surface area contributed by atoms with Crippen molar-refractivity contribution < 1.29 is 5.11 Å². The minimum atomic E-state index is -0.216. The quantitative estimate of drug-likeness (QED) is 0.448. The van der Waals surface area contributed by atoms with Crippen LogP contribution in [0.2, 0.25) is 0 Å². The summed E-state index contributed by atoms with van der Waals surface area (Å²) in [6, 6.07) is 0. The highest BCUT2D eigenvalue weighted by Crippen LogP contribution is 2.14. The van der Waals surface area contributed by atoms with Gasteiger partial charge < -0.3 is 10.1 Å². The molecule has 1 rings (SSSR count). The first-order chi connectivity index (χ1) is 7.72. The van der Waals surface area contributed by atoms with Crippen LogP contribution in [0.4, 0.5) is 0 Å². The lowest BCUT2D eigenvalue weighted by Gasteiger charge is -2.03. The summed E-state index contributed by atoms with van der Waals surface area (Å²) < 4.78 is 0. The van der Waals surface area contributed by atoms with Crippen molar-refractivity contribution in [3.63, 3.8) is 0 Å². The summed E-state index contributed by atoms with van der Waals surface area (Å²) in [5.41, 5.74) is 0.748. The molecule has 1 aromatic heterocycles.